The van der Waals surface area contributed by atoms with Crippen LogP contribution in [0.25, 0.3) is 0 Å². The quantitative estimate of drug-likeness (QED) is 0.720. The highest BCUT2D eigenvalue weighted by molar-refractivity contribution is 5.93. The van der Waals surface area contributed by atoms with Crippen molar-refractivity contribution >= 4 is 11.8 Å². The van der Waals surface area contributed by atoms with Gasteiger partial charge in [0.25, 0.3) is 11.8 Å². The molecule has 1 aliphatic carbocycles. The smallest absolute Gasteiger partial charge is 0.275 e. The molecule has 0 bridgehead atoms. The summed E-state index contributed by atoms with van der Waals surface area (Å²) in [6.07, 6.45) is 3.57. The van der Waals surface area contributed by atoms with Crippen molar-refractivity contribution in [1.29, 1.82) is 0 Å². The Morgan fingerprint density at radius 2 is 1.84 bits per heavy atom. The van der Waals surface area contributed by atoms with E-state index in [0.717, 1.165) is 23.4 Å². The lowest BCUT2D eigenvalue weighted by Gasteiger charge is -2.34. The van der Waals surface area contributed by atoms with E-state index < -0.39 is 0 Å². The summed E-state index contributed by atoms with van der Waals surface area (Å²) in [5.74, 6) is 1.28. The molecule has 1 aromatic rings. The van der Waals surface area contributed by atoms with E-state index in [1.807, 2.05) is 31.3 Å². The Hall–Kier alpha value is -1.88. The molecule has 1 aromatic carbocycles. The first-order valence-electron chi connectivity index (χ1n) is 9.32. The fourth-order valence-corrected chi connectivity index (χ4v) is 3.65. The van der Waals surface area contributed by atoms with Gasteiger partial charge >= 0.3 is 0 Å². The zero-order valence-corrected chi connectivity index (χ0v) is 15.9. The lowest BCUT2D eigenvalue weighted by Crippen LogP contribution is -3.09. The minimum Gasteiger partial charge on any atom is -0.355 e. The van der Waals surface area contributed by atoms with Gasteiger partial charge in [0.2, 0.25) is 0 Å². The molecule has 1 unspecified atom stereocenters. The number of rotatable bonds is 6. The molecule has 1 fully saturated rings. The average molecular weight is 346 g/mol. The number of nitrogens with one attached hydrogen (secondary N) is 3. The van der Waals surface area contributed by atoms with Gasteiger partial charge in [-0.25, -0.2) is 0 Å². The van der Waals surface area contributed by atoms with Gasteiger partial charge in [0.15, 0.2) is 6.54 Å². The summed E-state index contributed by atoms with van der Waals surface area (Å²) in [5.41, 5.74) is 1.78. The van der Waals surface area contributed by atoms with E-state index in [-0.39, 0.29) is 11.8 Å². The summed E-state index contributed by atoms with van der Waals surface area (Å²) in [4.78, 5) is 25.1. The summed E-state index contributed by atoms with van der Waals surface area (Å²) in [6, 6.07) is 7.88. The Morgan fingerprint density at radius 1 is 1.16 bits per heavy atom. The maximum Gasteiger partial charge on any atom is 0.275 e. The van der Waals surface area contributed by atoms with Gasteiger partial charge in [-0.3, -0.25) is 9.59 Å². The first-order chi connectivity index (χ1) is 11.9. The van der Waals surface area contributed by atoms with E-state index in [1.165, 1.54) is 12.8 Å². The van der Waals surface area contributed by atoms with Gasteiger partial charge in [0, 0.05) is 24.2 Å². The standard InChI is InChI=1S/C20H31N3O2/c1-14-6-5-7-18(15(14)2)22-19(24)13-23(4)12-16-8-10-17(11-9-16)20(25)21-3/h8-11,14-15,18H,5-7,12-13H2,1-4H3,(H,21,25)(H,22,24)/p+1/t14-,15-,18-/m1/s1. The number of carbonyl (C=O) groups is 2. The first kappa shape index (κ1) is 19.4. The largest absolute Gasteiger partial charge is 0.355 e. The minimum absolute atomic E-state index is 0.0811. The highest BCUT2D eigenvalue weighted by atomic mass is 16.2. The number of likely N-dealkylation sites (N-methyl/N-ethyl adjacent to an activating group) is 1. The van der Waals surface area contributed by atoms with Crippen LogP contribution in [0.5, 0.6) is 0 Å². The van der Waals surface area contributed by atoms with Crippen LogP contribution >= 0.6 is 0 Å². The van der Waals surface area contributed by atoms with Gasteiger partial charge in [-0.1, -0.05) is 38.8 Å². The van der Waals surface area contributed by atoms with E-state index in [2.05, 4.69) is 24.5 Å². The Labute approximate surface area is 151 Å². The number of hydrogen-bond acceptors (Lipinski definition) is 2. The molecule has 1 saturated carbocycles. The molecule has 138 valence electrons. The second-order valence-electron chi connectivity index (χ2n) is 7.53. The third-order valence-corrected chi connectivity index (χ3v) is 5.46. The predicted octanol–water partition coefficient (Wildman–Crippen LogP) is 1.00. The number of carbonyl (C=O) groups excluding carboxylic acids is 2. The average Bonchev–Trinajstić information content (AvgIpc) is 2.58. The second-order valence-corrected chi connectivity index (χ2v) is 7.53. The molecule has 5 heteroatoms. The Bertz CT molecular complexity index is 585. The van der Waals surface area contributed by atoms with E-state index in [1.54, 1.807) is 7.05 Å². The zero-order chi connectivity index (χ0) is 18.4. The zero-order valence-electron chi connectivity index (χ0n) is 15.9. The lowest BCUT2D eigenvalue weighted by molar-refractivity contribution is -0.885. The predicted molar refractivity (Wildman–Crippen MR) is 99.4 cm³/mol. The third kappa shape index (κ3) is 5.56. The van der Waals surface area contributed by atoms with Crippen LogP contribution in [0.15, 0.2) is 24.3 Å². The highest BCUT2D eigenvalue weighted by Gasteiger charge is 2.28. The SMILES string of the molecule is CNC(=O)c1ccc(C[NH+](C)CC(=O)N[C@@H]2CCC[C@@H](C)[C@H]2C)cc1. The maximum absolute atomic E-state index is 12.4. The van der Waals surface area contributed by atoms with Crippen LogP contribution in [-0.4, -0.2) is 38.5 Å². The molecule has 0 spiro atoms. The van der Waals surface area contributed by atoms with Crippen molar-refractivity contribution in [2.75, 3.05) is 20.6 Å². The van der Waals surface area contributed by atoms with Gasteiger partial charge in [-0.05, 0) is 30.4 Å². The molecule has 0 saturated heterocycles. The number of quaternary nitrogens is 1. The first-order valence-corrected chi connectivity index (χ1v) is 9.32. The van der Waals surface area contributed by atoms with E-state index in [4.69, 9.17) is 0 Å². The number of benzene rings is 1. The normalized spacial score (nSPS) is 24.4. The van der Waals surface area contributed by atoms with E-state index in [0.29, 0.717) is 30.0 Å². The molecule has 4 atom stereocenters. The molecule has 0 radical (unpaired) electrons. The molecular formula is C20H32N3O2+. The molecule has 5 nitrogen and oxygen atoms in total. The molecule has 2 rings (SSSR count). The van der Waals surface area contributed by atoms with Crippen LogP contribution in [0.2, 0.25) is 0 Å². The summed E-state index contributed by atoms with van der Waals surface area (Å²) in [5, 5.41) is 5.85. The fourth-order valence-electron chi connectivity index (χ4n) is 3.65. The van der Waals surface area contributed by atoms with E-state index >= 15 is 0 Å². The molecule has 0 aromatic heterocycles. The molecule has 0 aliphatic heterocycles. The third-order valence-electron chi connectivity index (χ3n) is 5.46. The summed E-state index contributed by atoms with van der Waals surface area (Å²) in [7, 11) is 3.65. The van der Waals surface area contributed by atoms with Crippen molar-refractivity contribution in [1.82, 2.24) is 10.6 Å². The van der Waals surface area contributed by atoms with Crippen LogP contribution in [0.4, 0.5) is 0 Å². The summed E-state index contributed by atoms with van der Waals surface area (Å²) >= 11 is 0. The Kier molecular flexibility index (Phi) is 7.00. The van der Waals surface area contributed by atoms with Crippen LogP contribution in [0.1, 0.15) is 49.0 Å². The Balaban J connectivity index is 1.82. The van der Waals surface area contributed by atoms with Crippen LogP contribution in [0, 0.1) is 11.8 Å². The molecule has 25 heavy (non-hydrogen) atoms. The van der Waals surface area contributed by atoms with Gasteiger partial charge in [-0.15, -0.1) is 0 Å². The molecular weight excluding hydrogens is 314 g/mol. The van der Waals surface area contributed by atoms with Gasteiger partial charge in [0.05, 0.1) is 7.05 Å². The van der Waals surface area contributed by atoms with E-state index in [9.17, 15) is 9.59 Å². The fraction of sp³-hybridized carbons (Fsp3) is 0.600. The second kappa shape index (κ2) is 8.99. The van der Waals surface area contributed by atoms with Crippen molar-refractivity contribution < 1.29 is 14.5 Å². The topological polar surface area (TPSA) is 62.6 Å². The van der Waals surface area contributed by atoms with Crippen molar-refractivity contribution in [2.24, 2.45) is 11.8 Å². The molecule has 3 N–H and O–H groups in total. The van der Waals surface area contributed by atoms with Crippen LogP contribution in [-0.2, 0) is 11.3 Å². The lowest BCUT2D eigenvalue weighted by atomic mass is 9.78. The van der Waals surface area contributed by atoms with Crippen molar-refractivity contribution in [3.8, 4) is 0 Å². The van der Waals surface area contributed by atoms with Crippen LogP contribution in [0.3, 0.4) is 0 Å². The Morgan fingerprint density at radius 3 is 2.48 bits per heavy atom. The van der Waals surface area contributed by atoms with Gasteiger partial charge in [0.1, 0.15) is 6.54 Å². The summed E-state index contributed by atoms with van der Waals surface area (Å²) in [6.45, 7) is 5.76. The number of amides is 2. The monoisotopic (exact) mass is 346 g/mol. The van der Waals surface area contributed by atoms with Crippen LogP contribution < -0.4 is 15.5 Å². The number of hydrogen-bond donors (Lipinski definition) is 3. The van der Waals surface area contributed by atoms with Crippen molar-refractivity contribution in [3.05, 3.63) is 35.4 Å². The van der Waals surface area contributed by atoms with Crippen molar-refractivity contribution in [3.63, 3.8) is 0 Å². The molecule has 0 heterocycles. The van der Waals surface area contributed by atoms with Gasteiger partial charge in [-0.2, -0.15) is 0 Å². The summed E-state index contributed by atoms with van der Waals surface area (Å²) < 4.78 is 0. The maximum atomic E-state index is 12.4. The van der Waals surface area contributed by atoms with Crippen molar-refractivity contribution in [2.45, 2.75) is 45.7 Å². The van der Waals surface area contributed by atoms with Gasteiger partial charge < -0.3 is 15.5 Å². The minimum atomic E-state index is -0.0811. The molecule has 1 aliphatic rings. The molecule has 2 amide bonds. The highest BCUT2D eigenvalue weighted by Crippen LogP contribution is 2.29.